The van der Waals surface area contributed by atoms with Crippen molar-refractivity contribution in [1.82, 2.24) is 15.2 Å². The van der Waals surface area contributed by atoms with E-state index in [1.165, 1.54) is 18.2 Å². The maximum Gasteiger partial charge on any atom is 0.573 e. The molecule has 25 heavy (non-hydrogen) atoms. The SMILES string of the molecule is O=C(c1cccc(-c2ccccc2OC(F)(F)F)n1)N1CCNCC1. The number of nitrogens with one attached hydrogen (secondary N) is 1. The smallest absolute Gasteiger partial charge is 0.405 e. The zero-order chi connectivity index (χ0) is 17.9. The number of nitrogens with zero attached hydrogens (tertiary/aromatic N) is 2. The molecule has 1 aromatic carbocycles. The van der Waals surface area contributed by atoms with Crippen molar-refractivity contribution in [3.63, 3.8) is 0 Å². The summed E-state index contributed by atoms with van der Waals surface area (Å²) in [5, 5.41) is 3.15. The van der Waals surface area contributed by atoms with Gasteiger partial charge >= 0.3 is 6.36 Å². The van der Waals surface area contributed by atoms with Crippen molar-refractivity contribution in [2.24, 2.45) is 0 Å². The number of ether oxygens (including phenoxy) is 1. The number of carbonyl (C=O) groups excluding carboxylic acids is 1. The number of alkyl halides is 3. The Kier molecular flexibility index (Phi) is 4.89. The number of carbonyl (C=O) groups is 1. The molecule has 0 saturated carbocycles. The van der Waals surface area contributed by atoms with Gasteiger partial charge in [0, 0.05) is 31.7 Å². The summed E-state index contributed by atoms with van der Waals surface area (Å²) in [5.74, 6) is -0.591. The molecule has 5 nitrogen and oxygen atoms in total. The molecule has 0 spiro atoms. The molecule has 1 saturated heterocycles. The molecule has 0 radical (unpaired) electrons. The standard InChI is InChI=1S/C17H16F3N3O2/c18-17(19,20)25-15-7-2-1-4-12(15)13-5-3-6-14(22-13)16(24)23-10-8-21-9-11-23/h1-7,21H,8-11H2. The molecule has 1 fully saturated rings. The molecular weight excluding hydrogens is 335 g/mol. The average molecular weight is 351 g/mol. The van der Waals surface area contributed by atoms with Crippen LogP contribution in [0, 0.1) is 0 Å². The number of hydrogen-bond donors (Lipinski definition) is 1. The Bertz CT molecular complexity index is 759. The number of rotatable bonds is 3. The molecule has 1 aliphatic heterocycles. The number of piperazine rings is 1. The molecule has 132 valence electrons. The minimum Gasteiger partial charge on any atom is -0.405 e. The number of halogens is 3. The van der Waals surface area contributed by atoms with Gasteiger partial charge in [-0.2, -0.15) is 0 Å². The van der Waals surface area contributed by atoms with E-state index in [1.54, 1.807) is 29.2 Å². The van der Waals surface area contributed by atoms with Crippen molar-refractivity contribution in [2.45, 2.75) is 6.36 Å². The van der Waals surface area contributed by atoms with Crippen LogP contribution in [0.5, 0.6) is 5.75 Å². The maximum absolute atomic E-state index is 12.6. The van der Waals surface area contributed by atoms with Crippen LogP contribution in [0.2, 0.25) is 0 Å². The van der Waals surface area contributed by atoms with E-state index >= 15 is 0 Å². The largest absolute Gasteiger partial charge is 0.573 e. The molecule has 2 aromatic rings. The number of para-hydroxylation sites is 1. The lowest BCUT2D eigenvalue weighted by atomic mass is 10.1. The predicted octanol–water partition coefficient (Wildman–Crippen LogP) is 2.69. The van der Waals surface area contributed by atoms with Gasteiger partial charge in [0.15, 0.2) is 0 Å². The van der Waals surface area contributed by atoms with Crippen LogP contribution in [0.3, 0.4) is 0 Å². The van der Waals surface area contributed by atoms with E-state index in [0.29, 0.717) is 26.2 Å². The third-order valence-corrected chi connectivity index (χ3v) is 3.76. The molecule has 0 atom stereocenters. The first-order valence-electron chi connectivity index (χ1n) is 7.76. The zero-order valence-electron chi connectivity index (χ0n) is 13.2. The highest BCUT2D eigenvalue weighted by molar-refractivity contribution is 5.93. The molecule has 0 unspecified atom stereocenters. The minimum absolute atomic E-state index is 0.176. The van der Waals surface area contributed by atoms with Crippen molar-refractivity contribution in [3.8, 4) is 17.0 Å². The fourth-order valence-corrected chi connectivity index (χ4v) is 2.63. The lowest BCUT2D eigenvalue weighted by molar-refractivity contribution is -0.274. The van der Waals surface area contributed by atoms with E-state index in [-0.39, 0.29) is 28.6 Å². The summed E-state index contributed by atoms with van der Waals surface area (Å²) >= 11 is 0. The molecule has 1 N–H and O–H groups in total. The van der Waals surface area contributed by atoms with Crippen molar-refractivity contribution >= 4 is 5.91 Å². The summed E-state index contributed by atoms with van der Waals surface area (Å²) in [6.45, 7) is 2.54. The normalized spacial score (nSPS) is 15.1. The van der Waals surface area contributed by atoms with Gasteiger partial charge < -0.3 is 15.0 Å². The maximum atomic E-state index is 12.6. The van der Waals surface area contributed by atoms with Crippen molar-refractivity contribution in [1.29, 1.82) is 0 Å². The Morgan fingerprint density at radius 1 is 1.08 bits per heavy atom. The van der Waals surface area contributed by atoms with E-state index in [0.717, 1.165) is 0 Å². The number of aromatic nitrogens is 1. The Balaban J connectivity index is 1.90. The number of amides is 1. The van der Waals surface area contributed by atoms with Crippen LogP contribution in [0.15, 0.2) is 42.5 Å². The molecule has 0 bridgehead atoms. The molecule has 0 aliphatic carbocycles. The summed E-state index contributed by atoms with van der Waals surface area (Å²) in [7, 11) is 0. The first kappa shape index (κ1) is 17.2. The van der Waals surface area contributed by atoms with Gasteiger partial charge in [0.25, 0.3) is 5.91 Å². The topological polar surface area (TPSA) is 54.5 Å². The first-order valence-corrected chi connectivity index (χ1v) is 7.76. The van der Waals surface area contributed by atoms with Gasteiger partial charge in [0.1, 0.15) is 11.4 Å². The van der Waals surface area contributed by atoms with Gasteiger partial charge in [-0.25, -0.2) is 4.98 Å². The fourth-order valence-electron chi connectivity index (χ4n) is 2.63. The van der Waals surface area contributed by atoms with Crippen LogP contribution >= 0.6 is 0 Å². The summed E-state index contributed by atoms with van der Waals surface area (Å²) in [6, 6.07) is 10.4. The van der Waals surface area contributed by atoms with Gasteiger partial charge in [-0.3, -0.25) is 4.79 Å². The second kappa shape index (κ2) is 7.10. The first-order chi connectivity index (χ1) is 11.9. The summed E-state index contributed by atoms with van der Waals surface area (Å²) in [5.41, 5.74) is 0.622. The highest BCUT2D eigenvalue weighted by Gasteiger charge is 2.32. The van der Waals surface area contributed by atoms with E-state index in [9.17, 15) is 18.0 Å². The summed E-state index contributed by atoms with van der Waals surface area (Å²) in [6.07, 6.45) is -4.80. The molecular formula is C17H16F3N3O2. The molecule has 1 amide bonds. The van der Waals surface area contributed by atoms with Crippen molar-refractivity contribution in [2.75, 3.05) is 26.2 Å². The highest BCUT2D eigenvalue weighted by atomic mass is 19.4. The number of benzene rings is 1. The Morgan fingerprint density at radius 2 is 1.80 bits per heavy atom. The van der Waals surface area contributed by atoms with Gasteiger partial charge in [-0.05, 0) is 24.3 Å². The van der Waals surface area contributed by atoms with Gasteiger partial charge in [0.2, 0.25) is 0 Å². The van der Waals surface area contributed by atoms with Crippen LogP contribution in [-0.4, -0.2) is 48.3 Å². The van der Waals surface area contributed by atoms with Crippen LogP contribution in [0.25, 0.3) is 11.3 Å². The Labute approximate surface area is 142 Å². The lowest BCUT2D eigenvalue weighted by Crippen LogP contribution is -2.46. The van der Waals surface area contributed by atoms with E-state index in [1.807, 2.05) is 0 Å². The van der Waals surface area contributed by atoms with Gasteiger partial charge in [0.05, 0.1) is 5.69 Å². The molecule has 2 heterocycles. The molecule has 8 heteroatoms. The highest BCUT2D eigenvalue weighted by Crippen LogP contribution is 2.32. The third kappa shape index (κ3) is 4.27. The molecule has 1 aromatic heterocycles. The van der Waals surface area contributed by atoms with Gasteiger partial charge in [-0.1, -0.05) is 18.2 Å². The molecule has 1 aliphatic rings. The van der Waals surface area contributed by atoms with Gasteiger partial charge in [-0.15, -0.1) is 13.2 Å². The third-order valence-electron chi connectivity index (χ3n) is 3.76. The average Bonchev–Trinajstić information content (AvgIpc) is 2.61. The van der Waals surface area contributed by atoms with Crippen LogP contribution in [-0.2, 0) is 0 Å². The lowest BCUT2D eigenvalue weighted by Gasteiger charge is -2.27. The second-order valence-electron chi connectivity index (χ2n) is 5.49. The number of hydrogen-bond acceptors (Lipinski definition) is 4. The van der Waals surface area contributed by atoms with Crippen LogP contribution < -0.4 is 10.1 Å². The second-order valence-corrected chi connectivity index (χ2v) is 5.49. The summed E-state index contributed by atoms with van der Waals surface area (Å²) < 4.78 is 41.8. The van der Waals surface area contributed by atoms with E-state index in [4.69, 9.17) is 0 Å². The van der Waals surface area contributed by atoms with Crippen molar-refractivity contribution < 1.29 is 22.7 Å². The minimum atomic E-state index is -4.80. The summed E-state index contributed by atoms with van der Waals surface area (Å²) in [4.78, 5) is 18.4. The van der Waals surface area contributed by atoms with Crippen LogP contribution in [0.1, 0.15) is 10.5 Å². The number of pyridine rings is 1. The predicted molar refractivity (Wildman–Crippen MR) is 85.1 cm³/mol. The van der Waals surface area contributed by atoms with E-state index < -0.39 is 6.36 Å². The Hall–Kier alpha value is -2.61. The van der Waals surface area contributed by atoms with Crippen LogP contribution in [0.4, 0.5) is 13.2 Å². The Morgan fingerprint density at radius 3 is 2.52 bits per heavy atom. The van der Waals surface area contributed by atoms with E-state index in [2.05, 4.69) is 15.0 Å². The van der Waals surface area contributed by atoms with Crippen molar-refractivity contribution in [3.05, 3.63) is 48.2 Å². The zero-order valence-corrected chi connectivity index (χ0v) is 13.2. The monoisotopic (exact) mass is 351 g/mol. The molecule has 3 rings (SSSR count). The quantitative estimate of drug-likeness (QED) is 0.924. The fraction of sp³-hybridized carbons (Fsp3) is 0.294.